The zero-order valence-corrected chi connectivity index (χ0v) is 18.7. The molecule has 1 aliphatic heterocycles. The number of fused-ring (bicyclic) bond motifs is 3. The maximum absolute atomic E-state index is 13.0. The number of aliphatic carboxylic acids is 1. The van der Waals surface area contributed by atoms with Crippen molar-refractivity contribution in [3.8, 4) is 11.1 Å². The van der Waals surface area contributed by atoms with Gasteiger partial charge in [-0.1, -0.05) is 48.5 Å². The number of ether oxygens (including phenoxy) is 2. The largest absolute Gasteiger partial charge is 0.481 e. The van der Waals surface area contributed by atoms with Gasteiger partial charge in [0.1, 0.15) is 12.6 Å². The molecule has 1 aliphatic carbocycles. The van der Waals surface area contributed by atoms with Gasteiger partial charge in [0.15, 0.2) is 0 Å². The number of rotatable bonds is 6. The van der Waals surface area contributed by atoms with Crippen molar-refractivity contribution in [1.29, 1.82) is 0 Å². The molecule has 2 aliphatic rings. The summed E-state index contributed by atoms with van der Waals surface area (Å²) in [6.45, 7) is 4.45. The van der Waals surface area contributed by atoms with E-state index in [-0.39, 0.29) is 24.7 Å². The molecule has 0 bridgehead atoms. The van der Waals surface area contributed by atoms with Crippen LogP contribution >= 0.6 is 0 Å². The van der Waals surface area contributed by atoms with Gasteiger partial charge in [-0.2, -0.15) is 0 Å². The molecule has 1 saturated heterocycles. The second kappa shape index (κ2) is 9.62. The number of carboxylic acid groups (broad SMARTS) is 1. The van der Waals surface area contributed by atoms with Crippen LogP contribution in [-0.4, -0.2) is 65.9 Å². The number of carbonyl (C=O) groups excluding carboxylic acids is 2. The lowest BCUT2D eigenvalue weighted by atomic mass is 9.98. The van der Waals surface area contributed by atoms with Gasteiger partial charge < -0.3 is 24.8 Å². The van der Waals surface area contributed by atoms with Crippen LogP contribution in [0.2, 0.25) is 0 Å². The highest BCUT2D eigenvalue weighted by Gasteiger charge is 2.35. The van der Waals surface area contributed by atoms with Gasteiger partial charge in [-0.15, -0.1) is 0 Å². The molecule has 2 aromatic carbocycles. The van der Waals surface area contributed by atoms with E-state index in [1.54, 1.807) is 4.90 Å². The van der Waals surface area contributed by atoms with Gasteiger partial charge in [-0.25, -0.2) is 4.79 Å². The van der Waals surface area contributed by atoms with E-state index in [2.05, 4.69) is 5.32 Å². The number of amides is 2. The van der Waals surface area contributed by atoms with Crippen LogP contribution in [0, 0.1) is 0 Å². The Morgan fingerprint density at radius 3 is 2.30 bits per heavy atom. The maximum atomic E-state index is 13.0. The van der Waals surface area contributed by atoms with E-state index in [4.69, 9.17) is 9.47 Å². The lowest BCUT2D eigenvalue weighted by Crippen LogP contribution is -2.57. The predicted molar refractivity (Wildman–Crippen MR) is 121 cm³/mol. The Bertz CT molecular complexity index is 1010. The van der Waals surface area contributed by atoms with Gasteiger partial charge in [-0.3, -0.25) is 9.59 Å². The minimum Gasteiger partial charge on any atom is -0.481 e. The van der Waals surface area contributed by atoms with Gasteiger partial charge in [0, 0.05) is 12.5 Å². The molecule has 1 fully saturated rings. The molecule has 3 unspecified atom stereocenters. The summed E-state index contributed by atoms with van der Waals surface area (Å²) >= 11 is 0. The molecule has 0 radical (unpaired) electrons. The van der Waals surface area contributed by atoms with E-state index in [1.807, 2.05) is 62.4 Å². The third kappa shape index (κ3) is 4.85. The Balaban J connectivity index is 1.44. The lowest BCUT2D eigenvalue weighted by molar-refractivity contribution is -0.149. The molecule has 33 heavy (non-hydrogen) atoms. The average Bonchev–Trinajstić information content (AvgIpc) is 3.12. The summed E-state index contributed by atoms with van der Waals surface area (Å²) in [5, 5.41) is 11.8. The minimum atomic E-state index is -1.22. The van der Waals surface area contributed by atoms with Crippen LogP contribution in [0.4, 0.5) is 4.79 Å². The predicted octanol–water partition coefficient (Wildman–Crippen LogP) is 3.00. The standard InChI is InChI=1S/C25H28N2O6/c1-15-13-32-16(2)12-27(15)24(30)22(11-23(28)29)26-25(31)33-14-21-19-9-5-3-7-17(19)18-8-4-6-10-20(18)21/h3-10,15-16,21-22H,11-14H2,1-2H3,(H,26,31)(H,28,29). The Hall–Kier alpha value is -3.39. The first-order chi connectivity index (χ1) is 15.8. The van der Waals surface area contributed by atoms with Crippen molar-refractivity contribution in [2.24, 2.45) is 0 Å². The van der Waals surface area contributed by atoms with Gasteiger partial charge >= 0.3 is 12.1 Å². The van der Waals surface area contributed by atoms with Crippen LogP contribution in [0.5, 0.6) is 0 Å². The summed E-state index contributed by atoms with van der Waals surface area (Å²) in [5.41, 5.74) is 4.36. The molecule has 4 rings (SSSR count). The van der Waals surface area contributed by atoms with Crippen molar-refractivity contribution in [1.82, 2.24) is 10.2 Å². The first-order valence-corrected chi connectivity index (χ1v) is 11.1. The summed E-state index contributed by atoms with van der Waals surface area (Å²) in [5.74, 6) is -1.76. The number of carboxylic acids is 1. The lowest BCUT2D eigenvalue weighted by Gasteiger charge is -2.38. The van der Waals surface area contributed by atoms with Crippen LogP contribution in [0.1, 0.15) is 37.3 Å². The molecule has 0 spiro atoms. The average molecular weight is 453 g/mol. The topological polar surface area (TPSA) is 105 Å². The molecule has 2 N–H and O–H groups in total. The summed E-state index contributed by atoms with van der Waals surface area (Å²) in [6, 6.07) is 14.5. The highest BCUT2D eigenvalue weighted by atomic mass is 16.5. The zero-order valence-electron chi connectivity index (χ0n) is 18.7. The summed E-state index contributed by atoms with van der Waals surface area (Å²) in [4.78, 5) is 38.6. The molecule has 1 heterocycles. The van der Waals surface area contributed by atoms with Gasteiger partial charge in [0.2, 0.25) is 5.91 Å². The molecule has 0 saturated carbocycles. The summed E-state index contributed by atoms with van der Waals surface area (Å²) < 4.78 is 11.0. The molecular formula is C25H28N2O6. The van der Waals surface area contributed by atoms with E-state index in [9.17, 15) is 19.5 Å². The van der Waals surface area contributed by atoms with E-state index in [0.29, 0.717) is 13.2 Å². The number of benzene rings is 2. The number of carbonyl (C=O) groups is 3. The Morgan fingerprint density at radius 2 is 1.70 bits per heavy atom. The molecule has 2 aromatic rings. The highest BCUT2D eigenvalue weighted by Crippen LogP contribution is 2.44. The smallest absolute Gasteiger partial charge is 0.407 e. The number of hydrogen-bond acceptors (Lipinski definition) is 5. The Labute approximate surface area is 192 Å². The SMILES string of the molecule is CC1CN(C(=O)C(CC(=O)O)NC(=O)OCC2c3ccccc3-c3ccccc32)C(C)CO1. The molecule has 174 valence electrons. The number of nitrogens with one attached hydrogen (secondary N) is 1. The van der Waals surface area contributed by atoms with Crippen LogP contribution in [-0.2, 0) is 19.1 Å². The van der Waals surface area contributed by atoms with Crippen molar-refractivity contribution in [3.63, 3.8) is 0 Å². The summed E-state index contributed by atoms with van der Waals surface area (Å²) in [7, 11) is 0. The fourth-order valence-corrected chi connectivity index (χ4v) is 4.57. The van der Waals surface area contributed by atoms with Crippen LogP contribution < -0.4 is 5.32 Å². The van der Waals surface area contributed by atoms with Crippen molar-refractivity contribution in [2.75, 3.05) is 19.8 Å². The first-order valence-electron chi connectivity index (χ1n) is 11.1. The second-order valence-corrected chi connectivity index (χ2v) is 8.60. The van der Waals surface area contributed by atoms with Crippen LogP contribution in [0.25, 0.3) is 11.1 Å². The van der Waals surface area contributed by atoms with Crippen LogP contribution in [0.15, 0.2) is 48.5 Å². The van der Waals surface area contributed by atoms with Gasteiger partial charge in [0.05, 0.1) is 25.2 Å². The van der Waals surface area contributed by atoms with Crippen molar-refractivity contribution in [2.45, 2.75) is 44.4 Å². The molecule has 8 heteroatoms. The number of hydrogen-bond donors (Lipinski definition) is 2. The number of morpholine rings is 1. The Kier molecular flexibility index (Phi) is 6.65. The molecule has 2 amide bonds. The second-order valence-electron chi connectivity index (χ2n) is 8.60. The number of nitrogens with zero attached hydrogens (tertiary/aromatic N) is 1. The fourth-order valence-electron chi connectivity index (χ4n) is 4.57. The highest BCUT2D eigenvalue weighted by molar-refractivity contribution is 5.89. The van der Waals surface area contributed by atoms with E-state index >= 15 is 0 Å². The van der Waals surface area contributed by atoms with Crippen molar-refractivity contribution < 1.29 is 29.0 Å². The van der Waals surface area contributed by atoms with E-state index in [1.165, 1.54) is 0 Å². The van der Waals surface area contributed by atoms with Crippen molar-refractivity contribution in [3.05, 3.63) is 59.7 Å². The normalized spacial score (nSPS) is 20.5. The monoisotopic (exact) mass is 452 g/mol. The minimum absolute atomic E-state index is 0.0822. The molecule has 0 aromatic heterocycles. The van der Waals surface area contributed by atoms with Crippen molar-refractivity contribution >= 4 is 18.0 Å². The van der Waals surface area contributed by atoms with Gasteiger partial charge in [0.25, 0.3) is 0 Å². The van der Waals surface area contributed by atoms with Crippen LogP contribution in [0.3, 0.4) is 0 Å². The maximum Gasteiger partial charge on any atom is 0.407 e. The first kappa shape index (κ1) is 22.8. The molecule has 3 atom stereocenters. The van der Waals surface area contributed by atoms with E-state index < -0.39 is 30.4 Å². The third-order valence-electron chi connectivity index (χ3n) is 6.20. The number of alkyl carbamates (subject to hydrolysis) is 1. The van der Waals surface area contributed by atoms with Gasteiger partial charge in [-0.05, 0) is 36.1 Å². The third-order valence-corrected chi connectivity index (χ3v) is 6.20. The summed E-state index contributed by atoms with van der Waals surface area (Å²) in [6.07, 6.45) is -1.50. The Morgan fingerprint density at radius 1 is 1.09 bits per heavy atom. The quantitative estimate of drug-likeness (QED) is 0.698. The van der Waals surface area contributed by atoms with E-state index in [0.717, 1.165) is 22.3 Å². The zero-order chi connectivity index (χ0) is 23.5. The molecule has 8 nitrogen and oxygen atoms in total. The molecular weight excluding hydrogens is 424 g/mol. The fraction of sp³-hybridized carbons (Fsp3) is 0.400.